The fraction of sp³-hybridized carbons (Fsp3) is 0. The molecule has 0 aliphatic heterocycles. The molecule has 0 aliphatic rings. The number of halogens is 1. The van der Waals surface area contributed by atoms with Crippen LogP contribution in [0.15, 0.2) is 22.9 Å². The Morgan fingerprint density at radius 3 is 2.92 bits per heavy atom. The molecule has 1 N–H and O–H groups in total. The lowest BCUT2D eigenvalue weighted by molar-refractivity contribution is 0.0702. The van der Waals surface area contributed by atoms with Crippen molar-refractivity contribution in [2.24, 2.45) is 0 Å². The zero-order chi connectivity index (χ0) is 9.42. The van der Waals surface area contributed by atoms with Gasteiger partial charge in [-0.1, -0.05) is 0 Å². The van der Waals surface area contributed by atoms with Gasteiger partial charge in [-0.2, -0.15) is 0 Å². The summed E-state index contributed by atoms with van der Waals surface area (Å²) < 4.78 is 1.71. The molecule has 0 unspecified atom stereocenters. The molecule has 2 aromatic rings. The fourth-order valence-electron chi connectivity index (χ4n) is 1.03. The van der Waals surface area contributed by atoms with Crippen molar-refractivity contribution >= 4 is 43.3 Å². The number of hydrogen-bond donors (Lipinski definition) is 1. The Morgan fingerprint density at radius 1 is 1.54 bits per heavy atom. The molecule has 0 saturated carbocycles. The molecule has 0 aromatic carbocycles. The van der Waals surface area contributed by atoms with E-state index >= 15 is 0 Å². The number of carbonyl (C=O) groups is 1. The second kappa shape index (κ2) is 3.08. The SMILES string of the molecule is O=C(O)c1cc2c(Br)cncc2s1. The van der Waals surface area contributed by atoms with E-state index in [4.69, 9.17) is 5.11 Å². The molecule has 0 spiro atoms. The van der Waals surface area contributed by atoms with E-state index in [1.54, 1.807) is 18.5 Å². The zero-order valence-electron chi connectivity index (χ0n) is 6.32. The molecule has 0 amide bonds. The van der Waals surface area contributed by atoms with Gasteiger partial charge in [0.2, 0.25) is 0 Å². The van der Waals surface area contributed by atoms with Crippen molar-refractivity contribution < 1.29 is 9.90 Å². The first-order valence-corrected chi connectivity index (χ1v) is 5.06. The molecule has 2 rings (SSSR count). The van der Waals surface area contributed by atoms with Gasteiger partial charge >= 0.3 is 5.97 Å². The zero-order valence-corrected chi connectivity index (χ0v) is 8.72. The standard InChI is InChI=1S/C8H4BrNO2S/c9-5-2-10-3-7-4(5)1-6(13-7)8(11)12/h1-3H,(H,11,12). The van der Waals surface area contributed by atoms with Gasteiger partial charge in [-0.05, 0) is 22.0 Å². The molecule has 13 heavy (non-hydrogen) atoms. The third-order valence-electron chi connectivity index (χ3n) is 1.61. The average molecular weight is 258 g/mol. The number of rotatable bonds is 1. The molecule has 3 nitrogen and oxygen atoms in total. The van der Waals surface area contributed by atoms with Crippen LogP contribution < -0.4 is 0 Å². The van der Waals surface area contributed by atoms with Crippen LogP contribution in [0.25, 0.3) is 10.1 Å². The Labute approximate surface area is 86.2 Å². The van der Waals surface area contributed by atoms with Crippen molar-refractivity contribution in [1.82, 2.24) is 4.98 Å². The largest absolute Gasteiger partial charge is 0.477 e. The van der Waals surface area contributed by atoms with E-state index < -0.39 is 5.97 Å². The summed E-state index contributed by atoms with van der Waals surface area (Å²) in [6, 6.07) is 1.65. The number of pyridine rings is 1. The van der Waals surface area contributed by atoms with E-state index in [0.717, 1.165) is 14.6 Å². The van der Waals surface area contributed by atoms with Crippen molar-refractivity contribution in [2.75, 3.05) is 0 Å². The summed E-state index contributed by atoms with van der Waals surface area (Å²) in [7, 11) is 0. The van der Waals surface area contributed by atoms with Crippen LogP contribution in [0.4, 0.5) is 0 Å². The Morgan fingerprint density at radius 2 is 2.31 bits per heavy atom. The van der Waals surface area contributed by atoms with Crippen LogP contribution in [0.3, 0.4) is 0 Å². The molecule has 2 aromatic heterocycles. The molecule has 66 valence electrons. The summed E-state index contributed by atoms with van der Waals surface area (Å²) in [6.07, 6.45) is 3.32. The highest BCUT2D eigenvalue weighted by Gasteiger charge is 2.09. The van der Waals surface area contributed by atoms with Gasteiger partial charge in [0.25, 0.3) is 0 Å². The van der Waals surface area contributed by atoms with Crippen LogP contribution in [0, 0.1) is 0 Å². The fourth-order valence-corrected chi connectivity index (χ4v) is 2.50. The lowest BCUT2D eigenvalue weighted by Crippen LogP contribution is -1.89. The van der Waals surface area contributed by atoms with Crippen LogP contribution in [0.1, 0.15) is 9.67 Å². The highest BCUT2D eigenvalue weighted by atomic mass is 79.9. The van der Waals surface area contributed by atoms with E-state index in [1.807, 2.05) is 0 Å². The van der Waals surface area contributed by atoms with Gasteiger partial charge in [-0.25, -0.2) is 4.79 Å². The lowest BCUT2D eigenvalue weighted by Gasteiger charge is -1.89. The molecule has 0 atom stereocenters. The number of nitrogens with zero attached hydrogens (tertiary/aromatic N) is 1. The average Bonchev–Trinajstić information content (AvgIpc) is 2.49. The number of carboxylic acids is 1. The number of hydrogen-bond acceptors (Lipinski definition) is 3. The number of carboxylic acid groups (broad SMARTS) is 1. The second-order valence-corrected chi connectivity index (χ2v) is 4.39. The lowest BCUT2D eigenvalue weighted by atomic mass is 10.3. The molecule has 0 fully saturated rings. The molecule has 2 heterocycles. The Bertz CT molecular complexity index is 480. The monoisotopic (exact) mass is 257 g/mol. The maximum absolute atomic E-state index is 10.7. The molecule has 0 radical (unpaired) electrons. The summed E-state index contributed by atoms with van der Waals surface area (Å²) in [6.45, 7) is 0. The maximum atomic E-state index is 10.7. The van der Waals surface area contributed by atoms with Crippen LogP contribution in [0.5, 0.6) is 0 Å². The Balaban J connectivity index is 2.75. The van der Waals surface area contributed by atoms with Gasteiger partial charge in [0.1, 0.15) is 4.88 Å². The first-order valence-electron chi connectivity index (χ1n) is 3.45. The van der Waals surface area contributed by atoms with Crippen LogP contribution in [0.2, 0.25) is 0 Å². The van der Waals surface area contributed by atoms with Gasteiger partial charge in [0, 0.05) is 22.3 Å². The summed E-state index contributed by atoms with van der Waals surface area (Å²) in [5, 5.41) is 9.65. The van der Waals surface area contributed by atoms with Crippen LogP contribution in [-0.4, -0.2) is 16.1 Å². The number of aromatic carboxylic acids is 1. The molecule has 0 aliphatic carbocycles. The van der Waals surface area contributed by atoms with Gasteiger partial charge in [-0.3, -0.25) is 4.98 Å². The minimum Gasteiger partial charge on any atom is -0.477 e. The molecular weight excluding hydrogens is 254 g/mol. The number of thiophene rings is 1. The second-order valence-electron chi connectivity index (χ2n) is 2.45. The molecule has 5 heteroatoms. The predicted molar refractivity (Wildman–Crippen MR) is 54.3 cm³/mol. The highest BCUT2D eigenvalue weighted by molar-refractivity contribution is 9.10. The minimum atomic E-state index is -0.895. The molecule has 0 bridgehead atoms. The topological polar surface area (TPSA) is 50.2 Å². The van der Waals surface area contributed by atoms with E-state index in [1.165, 1.54) is 11.3 Å². The predicted octanol–water partition coefficient (Wildman–Crippen LogP) is 2.76. The van der Waals surface area contributed by atoms with Gasteiger partial charge < -0.3 is 5.11 Å². The molecular formula is C8H4BrNO2S. The summed E-state index contributed by atoms with van der Waals surface area (Å²) in [5.41, 5.74) is 0. The highest BCUT2D eigenvalue weighted by Crippen LogP contribution is 2.30. The van der Waals surface area contributed by atoms with Crippen molar-refractivity contribution in [3.8, 4) is 0 Å². The third-order valence-corrected chi connectivity index (χ3v) is 3.30. The van der Waals surface area contributed by atoms with Gasteiger partial charge in [-0.15, -0.1) is 11.3 Å². The van der Waals surface area contributed by atoms with Crippen molar-refractivity contribution in [3.05, 3.63) is 27.8 Å². The summed E-state index contributed by atoms with van der Waals surface area (Å²) in [5.74, 6) is -0.895. The number of aromatic nitrogens is 1. The van der Waals surface area contributed by atoms with Crippen LogP contribution in [-0.2, 0) is 0 Å². The van der Waals surface area contributed by atoms with E-state index in [9.17, 15) is 4.79 Å². The maximum Gasteiger partial charge on any atom is 0.345 e. The number of fused-ring (bicyclic) bond motifs is 1. The quantitative estimate of drug-likeness (QED) is 0.855. The van der Waals surface area contributed by atoms with Crippen LogP contribution >= 0.6 is 27.3 Å². The molecule has 0 saturated heterocycles. The van der Waals surface area contributed by atoms with Gasteiger partial charge in [0.15, 0.2) is 0 Å². The van der Waals surface area contributed by atoms with E-state index in [-0.39, 0.29) is 0 Å². The Hall–Kier alpha value is -0.940. The first-order chi connectivity index (χ1) is 6.18. The summed E-state index contributed by atoms with van der Waals surface area (Å²) in [4.78, 5) is 14.9. The van der Waals surface area contributed by atoms with Crippen molar-refractivity contribution in [3.63, 3.8) is 0 Å². The normalized spacial score (nSPS) is 10.5. The van der Waals surface area contributed by atoms with Gasteiger partial charge in [0.05, 0.1) is 4.70 Å². The minimum absolute atomic E-state index is 0.337. The van der Waals surface area contributed by atoms with E-state index in [2.05, 4.69) is 20.9 Å². The van der Waals surface area contributed by atoms with Crippen molar-refractivity contribution in [2.45, 2.75) is 0 Å². The summed E-state index contributed by atoms with van der Waals surface area (Å²) >= 11 is 4.54. The third kappa shape index (κ3) is 1.45. The Kier molecular flexibility index (Phi) is 2.05. The van der Waals surface area contributed by atoms with E-state index in [0.29, 0.717) is 4.88 Å². The first kappa shape index (κ1) is 8.65. The van der Waals surface area contributed by atoms with Crippen molar-refractivity contribution in [1.29, 1.82) is 0 Å². The smallest absolute Gasteiger partial charge is 0.345 e.